The quantitative estimate of drug-likeness (QED) is 0.676. The van der Waals surface area contributed by atoms with E-state index in [1.165, 1.54) is 17.4 Å². The van der Waals surface area contributed by atoms with Gasteiger partial charge in [-0.05, 0) is 43.6 Å². The molecule has 142 valence electrons. The van der Waals surface area contributed by atoms with E-state index in [-0.39, 0.29) is 18.8 Å². The van der Waals surface area contributed by atoms with Crippen molar-refractivity contribution in [2.75, 3.05) is 6.61 Å². The molecule has 0 aliphatic rings. The summed E-state index contributed by atoms with van der Waals surface area (Å²) in [7, 11) is 0. The smallest absolute Gasteiger partial charge is 0.407 e. The van der Waals surface area contributed by atoms with Gasteiger partial charge in [0, 0.05) is 17.4 Å². The van der Waals surface area contributed by atoms with Crippen LogP contribution in [0.25, 0.3) is 0 Å². The summed E-state index contributed by atoms with van der Waals surface area (Å²) in [5.74, 6) is -0.262. The lowest BCUT2D eigenvalue weighted by atomic mass is 10.2. The van der Waals surface area contributed by atoms with Crippen LogP contribution in [-0.4, -0.2) is 34.4 Å². The van der Waals surface area contributed by atoms with Gasteiger partial charge in [-0.3, -0.25) is 0 Å². The van der Waals surface area contributed by atoms with Crippen molar-refractivity contribution < 1.29 is 23.6 Å². The molecule has 26 heavy (non-hydrogen) atoms. The number of aromatic nitrogens is 2. The summed E-state index contributed by atoms with van der Waals surface area (Å²) in [6.45, 7) is 7.50. The lowest BCUT2D eigenvalue weighted by Crippen LogP contribution is -2.24. The first kappa shape index (κ1) is 20.4. The topological polar surface area (TPSA) is 104 Å². The minimum absolute atomic E-state index is 0.0506. The Bertz CT molecular complexity index is 781. The van der Waals surface area contributed by atoms with Crippen LogP contribution in [0, 0.1) is 6.92 Å². The largest absolute Gasteiger partial charge is 0.455 e. The second-order valence-electron chi connectivity index (χ2n) is 6.39. The average Bonchev–Trinajstić information content (AvgIpc) is 3.10. The molecule has 1 N–H and O–H groups in total. The summed E-state index contributed by atoms with van der Waals surface area (Å²) < 4.78 is 16.1. The number of rotatable bonds is 6. The standard InChI is InChI=1S/C16H20BrN3O5S/c1-9-11(19-14(17)26-9)5-6-23-15(22)18-8-10-7-12(20-25-10)13(21)24-16(2,3)4/h7H,5-6,8H2,1-4H3,(H,18,22). The van der Waals surface area contributed by atoms with E-state index in [1.807, 2.05) is 6.92 Å². The second kappa shape index (κ2) is 8.63. The third-order valence-corrected chi connectivity index (χ3v) is 4.48. The third-order valence-electron chi connectivity index (χ3n) is 3.01. The van der Waals surface area contributed by atoms with Crippen molar-refractivity contribution in [1.29, 1.82) is 0 Å². The monoisotopic (exact) mass is 445 g/mol. The molecule has 10 heteroatoms. The molecule has 0 radical (unpaired) electrons. The van der Waals surface area contributed by atoms with Gasteiger partial charge in [0.25, 0.3) is 0 Å². The molecule has 0 spiro atoms. The molecular formula is C16H20BrN3O5S. The number of nitrogens with one attached hydrogen (secondary N) is 1. The number of nitrogens with zero attached hydrogens (tertiary/aromatic N) is 2. The highest BCUT2D eigenvalue weighted by molar-refractivity contribution is 9.11. The molecule has 2 rings (SSSR count). The molecule has 0 unspecified atom stereocenters. The summed E-state index contributed by atoms with van der Waals surface area (Å²) in [5, 5.41) is 6.17. The first-order valence-corrected chi connectivity index (χ1v) is 9.46. The number of amides is 1. The predicted octanol–water partition coefficient (Wildman–Crippen LogP) is 3.63. The van der Waals surface area contributed by atoms with Crippen LogP contribution in [0.3, 0.4) is 0 Å². The number of thiazole rings is 1. The molecule has 0 bridgehead atoms. The Morgan fingerprint density at radius 1 is 1.38 bits per heavy atom. The van der Waals surface area contributed by atoms with E-state index in [0.29, 0.717) is 12.2 Å². The number of aryl methyl sites for hydroxylation is 1. The van der Waals surface area contributed by atoms with E-state index < -0.39 is 17.7 Å². The van der Waals surface area contributed by atoms with Crippen molar-refractivity contribution in [2.24, 2.45) is 0 Å². The lowest BCUT2D eigenvalue weighted by molar-refractivity contribution is 0.00586. The fourth-order valence-corrected chi connectivity index (χ4v) is 3.51. The van der Waals surface area contributed by atoms with E-state index >= 15 is 0 Å². The Hall–Kier alpha value is -1.94. The molecule has 0 atom stereocenters. The van der Waals surface area contributed by atoms with Crippen molar-refractivity contribution in [3.05, 3.63) is 32.0 Å². The van der Waals surface area contributed by atoms with E-state index in [1.54, 1.807) is 20.8 Å². The molecular weight excluding hydrogens is 426 g/mol. The van der Waals surface area contributed by atoms with Gasteiger partial charge in [-0.2, -0.15) is 0 Å². The number of hydrogen-bond donors (Lipinski definition) is 1. The van der Waals surface area contributed by atoms with Crippen LogP contribution in [-0.2, 0) is 22.4 Å². The molecule has 2 heterocycles. The molecule has 8 nitrogen and oxygen atoms in total. The number of hydrogen-bond acceptors (Lipinski definition) is 8. The molecule has 0 fully saturated rings. The summed E-state index contributed by atoms with van der Waals surface area (Å²) in [6, 6.07) is 1.42. The van der Waals surface area contributed by atoms with Crippen molar-refractivity contribution in [3.63, 3.8) is 0 Å². The van der Waals surface area contributed by atoms with E-state index in [9.17, 15) is 9.59 Å². The third kappa shape index (κ3) is 6.41. The number of halogens is 1. The molecule has 0 aromatic carbocycles. The van der Waals surface area contributed by atoms with Crippen LogP contribution in [0.1, 0.15) is 47.6 Å². The Kier molecular flexibility index (Phi) is 6.76. The SMILES string of the molecule is Cc1sc(Br)nc1CCOC(=O)NCc1cc(C(=O)OC(C)(C)C)no1. The van der Waals surface area contributed by atoms with Gasteiger partial charge in [0.05, 0.1) is 18.8 Å². The Morgan fingerprint density at radius 3 is 2.73 bits per heavy atom. The van der Waals surface area contributed by atoms with Gasteiger partial charge in [-0.15, -0.1) is 11.3 Å². The van der Waals surface area contributed by atoms with Crippen LogP contribution < -0.4 is 5.32 Å². The molecule has 0 aliphatic heterocycles. The van der Waals surface area contributed by atoms with Crippen LogP contribution in [0.15, 0.2) is 14.5 Å². The minimum atomic E-state index is -0.622. The van der Waals surface area contributed by atoms with Gasteiger partial charge in [-0.1, -0.05) is 5.16 Å². The minimum Gasteiger partial charge on any atom is -0.455 e. The van der Waals surface area contributed by atoms with E-state index in [2.05, 4.69) is 31.4 Å². The first-order chi connectivity index (χ1) is 12.1. The fourth-order valence-electron chi connectivity index (χ4n) is 1.90. The number of carbonyl (C=O) groups is 2. The fraction of sp³-hybridized carbons (Fsp3) is 0.500. The van der Waals surface area contributed by atoms with Crippen LogP contribution in [0.2, 0.25) is 0 Å². The first-order valence-electron chi connectivity index (χ1n) is 7.85. The Balaban J connectivity index is 1.74. The van der Waals surface area contributed by atoms with Crippen molar-refractivity contribution in [3.8, 4) is 0 Å². The number of ether oxygens (including phenoxy) is 2. The van der Waals surface area contributed by atoms with Crippen molar-refractivity contribution in [2.45, 2.75) is 46.3 Å². The maximum atomic E-state index is 11.9. The molecule has 2 aromatic heterocycles. The predicted molar refractivity (Wildman–Crippen MR) is 98.1 cm³/mol. The van der Waals surface area contributed by atoms with Crippen molar-refractivity contribution >= 4 is 39.3 Å². The van der Waals surface area contributed by atoms with Gasteiger partial charge in [0.15, 0.2) is 15.4 Å². The van der Waals surface area contributed by atoms with Gasteiger partial charge in [0.1, 0.15) is 5.60 Å². The lowest BCUT2D eigenvalue weighted by Gasteiger charge is -2.18. The van der Waals surface area contributed by atoms with Crippen LogP contribution >= 0.6 is 27.3 Å². The Labute approximate surface area is 163 Å². The van der Waals surface area contributed by atoms with Gasteiger partial charge < -0.3 is 19.3 Å². The maximum absolute atomic E-state index is 11.9. The zero-order chi connectivity index (χ0) is 19.3. The summed E-state index contributed by atoms with van der Waals surface area (Å²) in [6.07, 6.45) is -0.0564. The second-order valence-corrected chi connectivity index (χ2v) is 8.87. The van der Waals surface area contributed by atoms with Gasteiger partial charge in [-0.25, -0.2) is 14.6 Å². The maximum Gasteiger partial charge on any atom is 0.407 e. The zero-order valence-electron chi connectivity index (χ0n) is 14.9. The molecule has 1 amide bonds. The summed E-state index contributed by atoms with van der Waals surface area (Å²) in [4.78, 5) is 28.9. The highest BCUT2D eigenvalue weighted by atomic mass is 79.9. The normalized spacial score (nSPS) is 11.3. The molecule has 2 aromatic rings. The zero-order valence-corrected chi connectivity index (χ0v) is 17.3. The van der Waals surface area contributed by atoms with Gasteiger partial charge in [0.2, 0.25) is 0 Å². The number of alkyl carbamates (subject to hydrolysis) is 1. The highest BCUT2D eigenvalue weighted by Gasteiger charge is 2.21. The summed E-state index contributed by atoms with van der Waals surface area (Å²) in [5.41, 5.74) is 0.324. The van der Waals surface area contributed by atoms with Crippen LogP contribution in [0.4, 0.5) is 4.79 Å². The van der Waals surface area contributed by atoms with Crippen LogP contribution in [0.5, 0.6) is 0 Å². The molecule has 0 saturated heterocycles. The number of carbonyl (C=O) groups excluding carboxylic acids is 2. The van der Waals surface area contributed by atoms with Crippen molar-refractivity contribution in [1.82, 2.24) is 15.5 Å². The number of esters is 1. The van der Waals surface area contributed by atoms with E-state index in [0.717, 1.165) is 14.5 Å². The van der Waals surface area contributed by atoms with Gasteiger partial charge >= 0.3 is 12.1 Å². The molecule has 0 aliphatic carbocycles. The van der Waals surface area contributed by atoms with E-state index in [4.69, 9.17) is 14.0 Å². The Morgan fingerprint density at radius 2 is 2.12 bits per heavy atom. The molecule has 0 saturated carbocycles. The highest BCUT2D eigenvalue weighted by Crippen LogP contribution is 2.22. The average molecular weight is 446 g/mol. The summed E-state index contributed by atoms with van der Waals surface area (Å²) >= 11 is 4.86.